The van der Waals surface area contributed by atoms with Crippen molar-refractivity contribution in [2.45, 2.75) is 25.9 Å². The van der Waals surface area contributed by atoms with Crippen LogP contribution in [0.15, 0.2) is 55.3 Å². The molecule has 0 unspecified atom stereocenters. The lowest BCUT2D eigenvalue weighted by Gasteiger charge is -2.43. The minimum atomic E-state index is -1.00. The molecular formula is C22H25N3O3. The molecule has 3 rings (SSSR count). The number of piperazine rings is 1. The van der Waals surface area contributed by atoms with Crippen LogP contribution >= 0.6 is 0 Å². The highest BCUT2D eigenvalue weighted by molar-refractivity contribution is 5.95. The summed E-state index contributed by atoms with van der Waals surface area (Å²) in [4.78, 5) is 32.4. The van der Waals surface area contributed by atoms with E-state index in [2.05, 4.69) is 30.3 Å². The van der Waals surface area contributed by atoms with Crippen LogP contribution in [0.3, 0.4) is 0 Å². The summed E-state index contributed by atoms with van der Waals surface area (Å²) in [6, 6.07) is 10.9. The lowest BCUT2D eigenvalue weighted by atomic mass is 10.0. The Kier molecular flexibility index (Phi) is 5.90. The molecule has 1 N–H and O–H groups in total. The van der Waals surface area contributed by atoms with Crippen molar-refractivity contribution in [2.75, 3.05) is 19.6 Å². The Labute approximate surface area is 165 Å². The molecule has 146 valence electrons. The van der Waals surface area contributed by atoms with Crippen molar-refractivity contribution in [3.63, 3.8) is 0 Å². The molecule has 0 aliphatic carbocycles. The quantitative estimate of drug-likeness (QED) is 0.808. The molecule has 2 atom stereocenters. The predicted molar refractivity (Wildman–Crippen MR) is 108 cm³/mol. The number of hydrogen-bond acceptors (Lipinski definition) is 4. The van der Waals surface area contributed by atoms with Crippen LogP contribution < -0.4 is 0 Å². The van der Waals surface area contributed by atoms with Crippen LogP contribution in [0.25, 0.3) is 11.3 Å². The zero-order chi connectivity index (χ0) is 20.3. The number of hydrogen-bond donors (Lipinski definition) is 1. The number of pyridine rings is 1. The molecule has 1 fully saturated rings. The van der Waals surface area contributed by atoms with E-state index >= 15 is 0 Å². The first-order valence-corrected chi connectivity index (χ1v) is 9.36. The molecule has 2 aromatic rings. The number of carboxylic acid groups (broad SMARTS) is 1. The first-order valence-electron chi connectivity index (χ1n) is 9.36. The van der Waals surface area contributed by atoms with Gasteiger partial charge >= 0.3 is 5.97 Å². The van der Waals surface area contributed by atoms with Crippen molar-refractivity contribution < 1.29 is 14.7 Å². The van der Waals surface area contributed by atoms with Gasteiger partial charge in [-0.2, -0.15) is 0 Å². The Bertz CT molecular complexity index is 862. The molecule has 1 aliphatic heterocycles. The van der Waals surface area contributed by atoms with Crippen molar-refractivity contribution in [2.24, 2.45) is 0 Å². The number of nitrogens with zero attached hydrogens (tertiary/aromatic N) is 3. The monoisotopic (exact) mass is 379 g/mol. The minimum absolute atomic E-state index is 0.0262. The van der Waals surface area contributed by atoms with E-state index in [1.807, 2.05) is 23.1 Å². The normalized spacial score (nSPS) is 20.0. The third-order valence-corrected chi connectivity index (χ3v) is 5.18. The standard InChI is InChI=1S/C22H25N3O3/c1-4-11-24-13-16(3)25(14-15(24)2)21(26)18-7-5-17(6-8-18)20-10-9-19(12-23-20)22(27)28/h4-10,12,15-16H,1,11,13-14H2,2-3H3,(H,27,28)/t15-,16-/m1/s1. The van der Waals surface area contributed by atoms with Gasteiger partial charge in [0.2, 0.25) is 0 Å². The van der Waals surface area contributed by atoms with Crippen molar-refractivity contribution in [3.05, 3.63) is 66.4 Å². The smallest absolute Gasteiger partial charge is 0.337 e. The summed E-state index contributed by atoms with van der Waals surface area (Å²) in [6.07, 6.45) is 3.24. The van der Waals surface area contributed by atoms with E-state index in [9.17, 15) is 9.59 Å². The summed E-state index contributed by atoms with van der Waals surface area (Å²) in [5.74, 6) is -0.977. The van der Waals surface area contributed by atoms with E-state index in [0.717, 1.165) is 18.7 Å². The van der Waals surface area contributed by atoms with Gasteiger partial charge in [-0.1, -0.05) is 18.2 Å². The largest absolute Gasteiger partial charge is 0.478 e. The Morgan fingerprint density at radius 2 is 1.79 bits per heavy atom. The molecule has 0 radical (unpaired) electrons. The molecule has 1 aliphatic rings. The van der Waals surface area contributed by atoms with Gasteiger partial charge in [0.15, 0.2) is 0 Å². The predicted octanol–water partition coefficient (Wildman–Crippen LogP) is 3.17. The highest BCUT2D eigenvalue weighted by atomic mass is 16.4. The Morgan fingerprint density at radius 3 is 2.36 bits per heavy atom. The van der Waals surface area contributed by atoms with Gasteiger partial charge in [-0.3, -0.25) is 14.7 Å². The molecule has 1 amide bonds. The van der Waals surface area contributed by atoms with Gasteiger partial charge in [-0.25, -0.2) is 4.79 Å². The maximum Gasteiger partial charge on any atom is 0.337 e. The van der Waals surface area contributed by atoms with Crippen LogP contribution in [0.1, 0.15) is 34.6 Å². The average Bonchev–Trinajstić information content (AvgIpc) is 2.70. The zero-order valence-electron chi connectivity index (χ0n) is 16.2. The average molecular weight is 379 g/mol. The van der Waals surface area contributed by atoms with E-state index in [0.29, 0.717) is 17.8 Å². The maximum atomic E-state index is 13.0. The van der Waals surface area contributed by atoms with Crippen molar-refractivity contribution >= 4 is 11.9 Å². The number of aromatic nitrogens is 1. The van der Waals surface area contributed by atoms with E-state index in [4.69, 9.17) is 5.11 Å². The number of aromatic carboxylic acids is 1. The second-order valence-corrected chi connectivity index (χ2v) is 7.21. The summed E-state index contributed by atoms with van der Waals surface area (Å²) >= 11 is 0. The molecule has 6 heteroatoms. The molecule has 1 aromatic carbocycles. The van der Waals surface area contributed by atoms with Crippen molar-refractivity contribution in [3.8, 4) is 11.3 Å². The van der Waals surface area contributed by atoms with E-state index in [1.165, 1.54) is 12.3 Å². The fourth-order valence-electron chi connectivity index (χ4n) is 3.54. The lowest BCUT2D eigenvalue weighted by Crippen LogP contribution is -2.57. The number of benzene rings is 1. The number of amides is 1. The van der Waals surface area contributed by atoms with Crippen LogP contribution in [-0.2, 0) is 0 Å². The number of carbonyl (C=O) groups excluding carboxylic acids is 1. The lowest BCUT2D eigenvalue weighted by molar-refractivity contribution is 0.0355. The fraction of sp³-hybridized carbons (Fsp3) is 0.318. The SMILES string of the molecule is C=CCN1C[C@@H](C)N(C(=O)c2ccc(-c3ccc(C(=O)O)cn3)cc2)C[C@H]1C. The van der Waals surface area contributed by atoms with Crippen molar-refractivity contribution in [1.29, 1.82) is 0 Å². The van der Waals surface area contributed by atoms with Crippen LogP contribution in [0, 0.1) is 0 Å². The van der Waals surface area contributed by atoms with E-state index < -0.39 is 5.97 Å². The van der Waals surface area contributed by atoms with Gasteiger partial charge in [0.05, 0.1) is 11.3 Å². The second kappa shape index (κ2) is 8.35. The van der Waals surface area contributed by atoms with Crippen LogP contribution in [0.2, 0.25) is 0 Å². The molecule has 28 heavy (non-hydrogen) atoms. The van der Waals surface area contributed by atoms with Crippen molar-refractivity contribution in [1.82, 2.24) is 14.8 Å². The van der Waals surface area contributed by atoms with Crippen LogP contribution in [0.5, 0.6) is 0 Å². The first-order chi connectivity index (χ1) is 13.4. The number of carbonyl (C=O) groups is 2. The van der Waals surface area contributed by atoms with Gasteiger partial charge in [0.25, 0.3) is 5.91 Å². The zero-order valence-corrected chi connectivity index (χ0v) is 16.2. The third kappa shape index (κ3) is 4.12. The summed E-state index contributed by atoms with van der Waals surface area (Å²) in [5, 5.41) is 8.96. The number of rotatable bonds is 5. The van der Waals surface area contributed by atoms with Gasteiger partial charge in [0, 0.05) is 49.0 Å². The Morgan fingerprint density at radius 1 is 1.11 bits per heavy atom. The molecule has 1 aromatic heterocycles. The summed E-state index contributed by atoms with van der Waals surface area (Å²) in [7, 11) is 0. The molecule has 0 saturated carbocycles. The van der Waals surface area contributed by atoms with Crippen LogP contribution in [-0.4, -0.2) is 63.5 Å². The molecular weight excluding hydrogens is 354 g/mol. The Balaban J connectivity index is 1.73. The molecule has 6 nitrogen and oxygen atoms in total. The van der Waals surface area contributed by atoms with E-state index in [-0.39, 0.29) is 23.6 Å². The summed E-state index contributed by atoms with van der Waals surface area (Å²) in [6.45, 7) is 10.4. The third-order valence-electron chi connectivity index (χ3n) is 5.18. The van der Waals surface area contributed by atoms with Crippen LogP contribution in [0.4, 0.5) is 0 Å². The molecule has 2 heterocycles. The molecule has 0 spiro atoms. The first kappa shape index (κ1) is 19.8. The topological polar surface area (TPSA) is 73.7 Å². The maximum absolute atomic E-state index is 13.0. The van der Waals surface area contributed by atoms with Gasteiger partial charge < -0.3 is 10.0 Å². The Hall–Kier alpha value is -2.99. The molecule has 1 saturated heterocycles. The summed E-state index contributed by atoms with van der Waals surface area (Å²) < 4.78 is 0. The van der Waals surface area contributed by atoms with Gasteiger partial charge in [0.1, 0.15) is 0 Å². The highest BCUT2D eigenvalue weighted by Gasteiger charge is 2.31. The number of carboxylic acids is 1. The fourth-order valence-corrected chi connectivity index (χ4v) is 3.54. The van der Waals surface area contributed by atoms with Gasteiger partial charge in [-0.15, -0.1) is 6.58 Å². The van der Waals surface area contributed by atoms with E-state index in [1.54, 1.807) is 18.2 Å². The second-order valence-electron chi connectivity index (χ2n) is 7.21. The highest BCUT2D eigenvalue weighted by Crippen LogP contribution is 2.21. The molecule has 0 bridgehead atoms. The minimum Gasteiger partial charge on any atom is -0.478 e. The van der Waals surface area contributed by atoms with Gasteiger partial charge in [-0.05, 0) is 38.1 Å². The summed E-state index contributed by atoms with van der Waals surface area (Å²) in [5.41, 5.74) is 2.30.